The summed E-state index contributed by atoms with van der Waals surface area (Å²) in [5, 5.41) is 0. The van der Waals surface area contributed by atoms with Crippen LogP contribution in [0.2, 0.25) is 0 Å². The molecule has 2 aliphatic heterocycles. The van der Waals surface area contributed by atoms with Crippen LogP contribution in [-0.2, 0) is 25.2 Å². The van der Waals surface area contributed by atoms with Gasteiger partial charge in [-0.2, -0.15) is 0 Å². The van der Waals surface area contributed by atoms with Crippen molar-refractivity contribution < 1.29 is 14.0 Å². The zero-order valence-electron chi connectivity index (χ0n) is 15.0. The lowest BCUT2D eigenvalue weighted by Crippen LogP contribution is -2.41. The van der Waals surface area contributed by atoms with E-state index in [1.807, 2.05) is 0 Å². The van der Waals surface area contributed by atoms with E-state index in [2.05, 4.69) is 73.6 Å². The molecule has 1 fully saturated rings. The minimum atomic E-state index is -0.324. The van der Waals surface area contributed by atoms with E-state index in [1.165, 1.54) is 11.1 Å². The van der Waals surface area contributed by atoms with Gasteiger partial charge in [-0.1, -0.05) is 18.2 Å². The second kappa shape index (κ2) is 4.37. The number of hydrogen-bond acceptors (Lipinski definition) is 3. The molecule has 0 saturated carbocycles. The summed E-state index contributed by atoms with van der Waals surface area (Å²) in [6, 6.07) is 6.45. The molecule has 0 N–H and O–H groups in total. The van der Waals surface area contributed by atoms with E-state index >= 15 is 0 Å². The fraction of sp³-hybridized carbons (Fsp3) is 0.667. The smallest absolute Gasteiger partial charge is 0.399 e. The molecule has 4 heteroatoms. The molecule has 120 valence electrons. The van der Waals surface area contributed by atoms with Crippen molar-refractivity contribution in [1.29, 1.82) is 0 Å². The number of hydrogen-bond donors (Lipinski definition) is 0. The monoisotopic (exact) mass is 302 g/mol. The van der Waals surface area contributed by atoms with Gasteiger partial charge >= 0.3 is 7.12 Å². The van der Waals surface area contributed by atoms with E-state index < -0.39 is 0 Å². The first-order chi connectivity index (χ1) is 9.86. The highest BCUT2D eigenvalue weighted by Gasteiger charge is 2.52. The first kappa shape index (κ1) is 16.0. The van der Waals surface area contributed by atoms with E-state index in [0.717, 1.165) is 5.46 Å². The first-order valence-electron chi connectivity index (χ1n) is 8.06. The van der Waals surface area contributed by atoms with E-state index in [-0.39, 0.29) is 29.5 Å². The van der Waals surface area contributed by atoms with Crippen LogP contribution in [0.4, 0.5) is 0 Å². The van der Waals surface area contributed by atoms with Crippen molar-refractivity contribution in [2.45, 2.75) is 77.8 Å². The highest BCUT2D eigenvalue weighted by molar-refractivity contribution is 6.62. The lowest BCUT2D eigenvalue weighted by atomic mass is 9.75. The number of benzene rings is 1. The predicted octanol–water partition coefficient (Wildman–Crippen LogP) is 3.49. The highest BCUT2D eigenvalue weighted by atomic mass is 16.7. The molecule has 2 aliphatic rings. The van der Waals surface area contributed by atoms with Crippen molar-refractivity contribution in [1.82, 2.24) is 0 Å². The topological polar surface area (TPSA) is 27.7 Å². The predicted molar refractivity (Wildman–Crippen MR) is 89.3 cm³/mol. The molecule has 0 aliphatic carbocycles. The molecule has 3 nitrogen and oxygen atoms in total. The van der Waals surface area contributed by atoms with Crippen LogP contribution in [0.1, 0.15) is 66.5 Å². The second-order valence-corrected chi connectivity index (χ2v) is 8.52. The van der Waals surface area contributed by atoms with Crippen LogP contribution < -0.4 is 5.46 Å². The van der Waals surface area contributed by atoms with Gasteiger partial charge < -0.3 is 14.0 Å². The molecule has 0 radical (unpaired) electrons. The van der Waals surface area contributed by atoms with Gasteiger partial charge in [0.2, 0.25) is 0 Å². The van der Waals surface area contributed by atoms with Crippen LogP contribution in [0, 0.1) is 0 Å². The third-order valence-corrected chi connectivity index (χ3v) is 5.38. The van der Waals surface area contributed by atoms with Gasteiger partial charge in [0, 0.05) is 0 Å². The van der Waals surface area contributed by atoms with Gasteiger partial charge in [-0.3, -0.25) is 0 Å². The summed E-state index contributed by atoms with van der Waals surface area (Å²) in [6.45, 7) is 16.8. The second-order valence-electron chi connectivity index (χ2n) is 8.52. The maximum absolute atomic E-state index is 6.22. The van der Waals surface area contributed by atoms with Gasteiger partial charge in [0.05, 0.1) is 22.4 Å². The zero-order chi connectivity index (χ0) is 16.6. The van der Waals surface area contributed by atoms with Crippen LogP contribution in [0.5, 0.6) is 0 Å². The van der Waals surface area contributed by atoms with Gasteiger partial charge in [-0.05, 0) is 72.0 Å². The molecule has 0 atom stereocenters. The van der Waals surface area contributed by atoms with E-state index in [4.69, 9.17) is 14.0 Å². The zero-order valence-corrected chi connectivity index (χ0v) is 15.0. The molecular weight excluding hydrogens is 275 g/mol. The van der Waals surface area contributed by atoms with Gasteiger partial charge in [-0.15, -0.1) is 0 Å². The summed E-state index contributed by atoms with van der Waals surface area (Å²) < 4.78 is 18.6. The van der Waals surface area contributed by atoms with Crippen LogP contribution >= 0.6 is 0 Å². The number of rotatable bonds is 1. The first-order valence-corrected chi connectivity index (χ1v) is 8.06. The largest absolute Gasteiger partial charge is 0.494 e. The Morgan fingerprint density at radius 1 is 0.727 bits per heavy atom. The van der Waals surface area contributed by atoms with Crippen LogP contribution in [0.3, 0.4) is 0 Å². The van der Waals surface area contributed by atoms with Crippen molar-refractivity contribution in [2.24, 2.45) is 0 Å². The average Bonchev–Trinajstić information content (AvgIpc) is 2.67. The summed E-state index contributed by atoms with van der Waals surface area (Å²) in [4.78, 5) is 0. The highest BCUT2D eigenvalue weighted by Crippen LogP contribution is 2.46. The Labute approximate surface area is 134 Å². The summed E-state index contributed by atoms with van der Waals surface area (Å²) in [5.41, 5.74) is 2.35. The molecule has 0 bridgehead atoms. The molecule has 1 aromatic carbocycles. The number of ether oxygens (including phenoxy) is 1. The van der Waals surface area contributed by atoms with Crippen molar-refractivity contribution in [3.63, 3.8) is 0 Å². The molecular formula is C18H27BO3. The fourth-order valence-electron chi connectivity index (χ4n) is 3.46. The van der Waals surface area contributed by atoms with Crippen LogP contribution in [0.15, 0.2) is 18.2 Å². The van der Waals surface area contributed by atoms with Crippen molar-refractivity contribution in [3.05, 3.63) is 29.3 Å². The normalized spacial score (nSPS) is 27.0. The van der Waals surface area contributed by atoms with Crippen molar-refractivity contribution in [2.75, 3.05) is 0 Å². The van der Waals surface area contributed by atoms with Gasteiger partial charge in [0.25, 0.3) is 0 Å². The SMILES string of the molecule is CC1(C)OC(C)(C)c2cc(B3OC(C)(C)C(C)(C)O3)ccc21. The maximum Gasteiger partial charge on any atom is 0.494 e. The van der Waals surface area contributed by atoms with E-state index in [0.29, 0.717) is 0 Å². The fourth-order valence-corrected chi connectivity index (χ4v) is 3.46. The van der Waals surface area contributed by atoms with Gasteiger partial charge in [0.1, 0.15) is 0 Å². The molecule has 2 heterocycles. The Morgan fingerprint density at radius 3 is 1.77 bits per heavy atom. The molecule has 1 aromatic rings. The molecule has 0 spiro atoms. The van der Waals surface area contributed by atoms with Crippen molar-refractivity contribution >= 4 is 12.6 Å². The summed E-state index contributed by atoms with van der Waals surface area (Å²) in [5.74, 6) is 0. The minimum absolute atomic E-state index is 0.257. The standard InChI is InChI=1S/C18H27BO3/c1-15(2)13-10-9-12(11-14(13)16(3,4)20-15)19-21-17(5,6)18(7,8)22-19/h9-11H,1-8H3. The van der Waals surface area contributed by atoms with Crippen LogP contribution in [0.25, 0.3) is 0 Å². The van der Waals surface area contributed by atoms with Gasteiger partial charge in [0.15, 0.2) is 0 Å². The molecule has 0 unspecified atom stereocenters. The Balaban J connectivity index is 2.00. The Bertz CT molecular complexity index is 601. The van der Waals surface area contributed by atoms with Gasteiger partial charge in [-0.25, -0.2) is 0 Å². The quantitative estimate of drug-likeness (QED) is 0.743. The third-order valence-electron chi connectivity index (χ3n) is 5.38. The minimum Gasteiger partial charge on any atom is -0.399 e. The van der Waals surface area contributed by atoms with E-state index in [1.54, 1.807) is 0 Å². The number of fused-ring (bicyclic) bond motifs is 1. The summed E-state index contributed by atoms with van der Waals surface area (Å²) >= 11 is 0. The Kier molecular flexibility index (Phi) is 3.19. The lowest BCUT2D eigenvalue weighted by molar-refractivity contribution is -0.105. The van der Waals surface area contributed by atoms with E-state index in [9.17, 15) is 0 Å². The Hall–Kier alpha value is -0.835. The van der Waals surface area contributed by atoms with Crippen LogP contribution in [-0.4, -0.2) is 18.3 Å². The summed E-state index contributed by atoms with van der Waals surface area (Å²) in [6.07, 6.45) is 0. The van der Waals surface area contributed by atoms with Crippen molar-refractivity contribution in [3.8, 4) is 0 Å². The third kappa shape index (κ3) is 2.24. The Morgan fingerprint density at radius 2 is 1.23 bits per heavy atom. The molecule has 0 amide bonds. The molecule has 3 rings (SSSR count). The molecule has 1 saturated heterocycles. The average molecular weight is 302 g/mol. The molecule has 0 aromatic heterocycles. The molecule has 22 heavy (non-hydrogen) atoms. The summed E-state index contributed by atoms with van der Waals surface area (Å²) in [7, 11) is -0.324. The lowest BCUT2D eigenvalue weighted by Gasteiger charge is -2.32. The maximum atomic E-state index is 6.22.